The van der Waals surface area contributed by atoms with E-state index in [9.17, 15) is 4.79 Å². The van der Waals surface area contributed by atoms with Crippen molar-refractivity contribution in [3.63, 3.8) is 0 Å². The van der Waals surface area contributed by atoms with Crippen LogP contribution in [0.25, 0.3) is 0 Å². The second-order valence-electron chi connectivity index (χ2n) is 2.97. The number of carbonyl (C=O) groups excluding carboxylic acids is 1. The molecular weight excluding hydrogens is 126 g/mol. The van der Waals surface area contributed by atoms with Crippen molar-refractivity contribution in [1.82, 2.24) is 5.32 Å². The SMILES string of the molecule is O=C1CC=C2CNCCC12. The van der Waals surface area contributed by atoms with Gasteiger partial charge in [0, 0.05) is 18.9 Å². The fourth-order valence-corrected chi connectivity index (χ4v) is 1.74. The fourth-order valence-electron chi connectivity index (χ4n) is 1.74. The summed E-state index contributed by atoms with van der Waals surface area (Å²) in [5.41, 5.74) is 1.33. The van der Waals surface area contributed by atoms with Crippen molar-refractivity contribution in [3.05, 3.63) is 11.6 Å². The molecular formula is C8H11NO. The first kappa shape index (κ1) is 6.10. The molecule has 2 nitrogen and oxygen atoms in total. The topological polar surface area (TPSA) is 29.1 Å². The molecule has 1 aliphatic carbocycles. The molecule has 0 amide bonds. The Hall–Kier alpha value is -0.630. The van der Waals surface area contributed by atoms with Crippen LogP contribution in [0.3, 0.4) is 0 Å². The van der Waals surface area contributed by atoms with Gasteiger partial charge in [-0.2, -0.15) is 0 Å². The van der Waals surface area contributed by atoms with E-state index in [-0.39, 0.29) is 0 Å². The highest BCUT2D eigenvalue weighted by molar-refractivity contribution is 5.88. The minimum Gasteiger partial charge on any atom is -0.313 e. The molecule has 1 saturated heterocycles. The van der Waals surface area contributed by atoms with Gasteiger partial charge in [0.2, 0.25) is 0 Å². The summed E-state index contributed by atoms with van der Waals surface area (Å²) in [6.07, 6.45) is 3.78. The van der Waals surface area contributed by atoms with Crippen LogP contribution >= 0.6 is 0 Å². The maximum absolute atomic E-state index is 11.1. The van der Waals surface area contributed by atoms with Gasteiger partial charge in [-0.1, -0.05) is 6.08 Å². The smallest absolute Gasteiger partial charge is 0.143 e. The standard InChI is InChI=1S/C8H11NO/c10-8-2-1-6-5-9-4-3-7(6)8/h1,7,9H,2-5H2. The molecule has 1 atom stereocenters. The van der Waals surface area contributed by atoms with Gasteiger partial charge in [-0.15, -0.1) is 0 Å². The number of allylic oxidation sites excluding steroid dienone is 1. The first-order valence-electron chi connectivity index (χ1n) is 3.80. The molecule has 0 saturated carbocycles. The van der Waals surface area contributed by atoms with Crippen molar-refractivity contribution in [3.8, 4) is 0 Å². The van der Waals surface area contributed by atoms with Crippen LogP contribution in [0.5, 0.6) is 0 Å². The van der Waals surface area contributed by atoms with Crippen LogP contribution in [0, 0.1) is 5.92 Å². The summed E-state index contributed by atoms with van der Waals surface area (Å²) in [5.74, 6) is 0.720. The Morgan fingerprint density at radius 2 is 2.50 bits per heavy atom. The van der Waals surface area contributed by atoms with Crippen LogP contribution in [-0.2, 0) is 4.79 Å². The third-order valence-corrected chi connectivity index (χ3v) is 2.34. The number of carbonyl (C=O) groups is 1. The van der Waals surface area contributed by atoms with E-state index in [2.05, 4.69) is 11.4 Å². The zero-order valence-corrected chi connectivity index (χ0v) is 5.89. The lowest BCUT2D eigenvalue weighted by molar-refractivity contribution is -0.120. The summed E-state index contributed by atoms with van der Waals surface area (Å²) in [6.45, 7) is 1.95. The van der Waals surface area contributed by atoms with Gasteiger partial charge in [0.15, 0.2) is 0 Å². The monoisotopic (exact) mass is 137 g/mol. The molecule has 0 aromatic rings. The number of hydrogen-bond acceptors (Lipinski definition) is 2. The average Bonchev–Trinajstić information content (AvgIpc) is 2.34. The van der Waals surface area contributed by atoms with Crippen LogP contribution in [0.15, 0.2) is 11.6 Å². The average molecular weight is 137 g/mol. The first-order chi connectivity index (χ1) is 4.88. The van der Waals surface area contributed by atoms with E-state index in [1.807, 2.05) is 0 Å². The highest BCUT2D eigenvalue weighted by Gasteiger charge is 2.28. The molecule has 1 aliphatic heterocycles. The number of fused-ring (bicyclic) bond motifs is 1. The largest absolute Gasteiger partial charge is 0.313 e. The molecule has 0 spiro atoms. The van der Waals surface area contributed by atoms with Crippen LogP contribution in [0.4, 0.5) is 0 Å². The third kappa shape index (κ3) is 0.797. The molecule has 0 aromatic carbocycles. The van der Waals surface area contributed by atoms with Crippen LogP contribution in [0.1, 0.15) is 12.8 Å². The number of rotatable bonds is 0. The molecule has 2 rings (SSSR count). The lowest BCUT2D eigenvalue weighted by Gasteiger charge is -2.20. The van der Waals surface area contributed by atoms with Gasteiger partial charge in [-0.25, -0.2) is 0 Å². The number of ketones is 1. The quantitative estimate of drug-likeness (QED) is 0.492. The number of piperidine rings is 1. The maximum Gasteiger partial charge on any atom is 0.143 e. The van der Waals surface area contributed by atoms with Crippen molar-refractivity contribution in [2.75, 3.05) is 13.1 Å². The summed E-state index contributed by atoms with van der Waals surface area (Å²) in [7, 11) is 0. The van der Waals surface area contributed by atoms with Crippen LogP contribution in [0.2, 0.25) is 0 Å². The molecule has 1 unspecified atom stereocenters. The van der Waals surface area contributed by atoms with Crippen molar-refractivity contribution in [2.45, 2.75) is 12.8 Å². The van der Waals surface area contributed by atoms with Gasteiger partial charge in [-0.3, -0.25) is 4.79 Å². The highest BCUT2D eigenvalue weighted by atomic mass is 16.1. The Balaban J connectivity index is 2.18. The normalized spacial score (nSPS) is 31.8. The van der Waals surface area contributed by atoms with E-state index in [1.165, 1.54) is 5.57 Å². The Morgan fingerprint density at radius 3 is 3.30 bits per heavy atom. The van der Waals surface area contributed by atoms with Crippen molar-refractivity contribution in [2.24, 2.45) is 5.92 Å². The molecule has 1 fully saturated rings. The second-order valence-corrected chi connectivity index (χ2v) is 2.97. The summed E-state index contributed by atoms with van der Waals surface area (Å²) in [6, 6.07) is 0. The van der Waals surface area contributed by atoms with Crippen molar-refractivity contribution < 1.29 is 4.79 Å². The molecule has 0 radical (unpaired) electrons. The molecule has 2 heteroatoms. The third-order valence-electron chi connectivity index (χ3n) is 2.34. The number of hydrogen-bond donors (Lipinski definition) is 1. The van der Waals surface area contributed by atoms with Crippen molar-refractivity contribution in [1.29, 1.82) is 0 Å². The highest BCUT2D eigenvalue weighted by Crippen LogP contribution is 2.26. The molecule has 2 aliphatic rings. The molecule has 10 heavy (non-hydrogen) atoms. The van der Waals surface area contributed by atoms with E-state index in [0.717, 1.165) is 19.5 Å². The Morgan fingerprint density at radius 1 is 1.60 bits per heavy atom. The van der Waals surface area contributed by atoms with E-state index in [1.54, 1.807) is 0 Å². The summed E-state index contributed by atoms with van der Waals surface area (Å²) >= 11 is 0. The Bertz CT molecular complexity index is 195. The maximum atomic E-state index is 11.1. The van der Waals surface area contributed by atoms with Gasteiger partial charge >= 0.3 is 0 Å². The van der Waals surface area contributed by atoms with Crippen molar-refractivity contribution >= 4 is 5.78 Å². The minimum absolute atomic E-state index is 0.293. The molecule has 1 heterocycles. The molecule has 0 aromatic heterocycles. The first-order valence-corrected chi connectivity index (χ1v) is 3.80. The zero-order valence-electron chi connectivity index (χ0n) is 5.89. The van der Waals surface area contributed by atoms with E-state index in [4.69, 9.17) is 0 Å². The summed E-state index contributed by atoms with van der Waals surface area (Å²) < 4.78 is 0. The Kier molecular flexibility index (Phi) is 1.34. The van der Waals surface area contributed by atoms with Gasteiger partial charge in [-0.05, 0) is 18.5 Å². The fraction of sp³-hybridized carbons (Fsp3) is 0.625. The summed E-state index contributed by atoms with van der Waals surface area (Å²) in [4.78, 5) is 11.1. The molecule has 54 valence electrons. The second kappa shape index (κ2) is 2.20. The predicted octanol–water partition coefficient (Wildman–Crippen LogP) is 0.495. The van der Waals surface area contributed by atoms with Gasteiger partial charge in [0.1, 0.15) is 5.78 Å². The zero-order chi connectivity index (χ0) is 6.97. The van der Waals surface area contributed by atoms with Gasteiger partial charge < -0.3 is 5.32 Å². The summed E-state index contributed by atoms with van der Waals surface area (Å²) in [5, 5.41) is 3.26. The van der Waals surface area contributed by atoms with Crippen LogP contribution < -0.4 is 5.32 Å². The predicted molar refractivity (Wildman–Crippen MR) is 38.7 cm³/mol. The molecule has 1 N–H and O–H groups in total. The lowest BCUT2D eigenvalue weighted by Crippen LogP contribution is -2.31. The Labute approximate surface area is 60.3 Å². The number of nitrogens with one attached hydrogen (secondary N) is 1. The van der Waals surface area contributed by atoms with E-state index in [0.29, 0.717) is 18.1 Å². The van der Waals surface area contributed by atoms with Gasteiger partial charge in [0.25, 0.3) is 0 Å². The van der Waals surface area contributed by atoms with E-state index >= 15 is 0 Å². The number of Topliss-reactive ketones (excluding diaryl/α,β-unsaturated/α-hetero) is 1. The van der Waals surface area contributed by atoms with Crippen LogP contribution in [-0.4, -0.2) is 18.9 Å². The minimum atomic E-state index is 0.293. The molecule has 0 bridgehead atoms. The lowest BCUT2D eigenvalue weighted by atomic mass is 9.94. The van der Waals surface area contributed by atoms with Gasteiger partial charge in [0.05, 0.1) is 0 Å². The van der Waals surface area contributed by atoms with E-state index < -0.39 is 0 Å².